The van der Waals surface area contributed by atoms with E-state index in [0.29, 0.717) is 0 Å². The van der Waals surface area contributed by atoms with Crippen molar-refractivity contribution in [3.8, 4) is 5.75 Å². The highest BCUT2D eigenvalue weighted by Crippen LogP contribution is 2.17. The maximum Gasteiger partial charge on any atom is 0.119 e. The van der Waals surface area contributed by atoms with Gasteiger partial charge in [0.25, 0.3) is 0 Å². The van der Waals surface area contributed by atoms with Gasteiger partial charge in [0.2, 0.25) is 0 Å². The molecule has 1 fully saturated rings. The molecule has 0 saturated carbocycles. The molecule has 0 amide bonds. The molecule has 0 bridgehead atoms. The summed E-state index contributed by atoms with van der Waals surface area (Å²) in [6.45, 7) is 8.60. The van der Waals surface area contributed by atoms with Crippen LogP contribution in [-0.2, 0) is 0 Å². The molecule has 1 aromatic rings. The van der Waals surface area contributed by atoms with E-state index >= 15 is 0 Å². The first-order valence-electron chi connectivity index (χ1n) is 6.93. The number of hydrogen-bond acceptors (Lipinski definition) is 4. The van der Waals surface area contributed by atoms with Crippen LogP contribution in [0.5, 0.6) is 5.75 Å². The summed E-state index contributed by atoms with van der Waals surface area (Å²) in [5, 5.41) is 0. The van der Waals surface area contributed by atoms with Crippen LogP contribution in [0.2, 0.25) is 0 Å². The Balaban J connectivity index is 0.000000217. The van der Waals surface area contributed by atoms with Gasteiger partial charge in [-0.1, -0.05) is 6.58 Å². The predicted molar refractivity (Wildman–Crippen MR) is 86.6 cm³/mol. The molecule has 1 saturated heterocycles. The van der Waals surface area contributed by atoms with Gasteiger partial charge in [0.05, 0.1) is 7.11 Å². The lowest BCUT2D eigenvalue weighted by atomic mass is 10.3. The number of nitrogens with zero attached hydrogens (tertiary/aromatic N) is 3. The van der Waals surface area contributed by atoms with Gasteiger partial charge in [0.1, 0.15) is 5.75 Å². The number of ether oxygens (including phenoxy) is 1. The minimum Gasteiger partial charge on any atom is -0.497 e. The van der Waals surface area contributed by atoms with E-state index in [0.717, 1.165) is 11.4 Å². The monoisotopic (exact) mass is 277 g/mol. The Kier molecular flexibility index (Phi) is 7.12. The summed E-state index contributed by atoms with van der Waals surface area (Å²) in [5.74, 6) is 0.871. The molecule has 20 heavy (non-hydrogen) atoms. The molecule has 0 spiro atoms. The standard InChI is InChI=1S/C10H13NO.C6H14N2/c1-4-11(2)9-5-7-10(12-3)8-6-9;1-7-3-5-8(2)6-4-7/h4-8H,1H2,2-3H3;3-6H2,1-2H3. The Bertz CT molecular complexity index is 373. The quantitative estimate of drug-likeness (QED) is 0.842. The van der Waals surface area contributed by atoms with Gasteiger partial charge in [-0.2, -0.15) is 0 Å². The van der Waals surface area contributed by atoms with Crippen molar-refractivity contribution >= 4 is 5.69 Å². The number of benzene rings is 1. The molecule has 4 heteroatoms. The second kappa shape index (κ2) is 8.61. The van der Waals surface area contributed by atoms with Gasteiger partial charge in [-0.05, 0) is 44.6 Å². The predicted octanol–water partition coefficient (Wildman–Crippen LogP) is 2.14. The number of piperazine rings is 1. The number of methoxy groups -OCH3 is 1. The van der Waals surface area contributed by atoms with Crippen LogP contribution in [-0.4, -0.2) is 64.2 Å². The zero-order valence-electron chi connectivity index (χ0n) is 13.2. The van der Waals surface area contributed by atoms with E-state index in [1.165, 1.54) is 26.2 Å². The largest absolute Gasteiger partial charge is 0.497 e. The molecular weight excluding hydrogens is 250 g/mol. The number of likely N-dealkylation sites (N-methyl/N-ethyl adjacent to an activating group) is 2. The van der Waals surface area contributed by atoms with E-state index < -0.39 is 0 Å². The van der Waals surface area contributed by atoms with Crippen molar-refractivity contribution in [3.05, 3.63) is 37.0 Å². The average Bonchev–Trinajstić information content (AvgIpc) is 2.50. The van der Waals surface area contributed by atoms with Crippen molar-refractivity contribution in [2.24, 2.45) is 0 Å². The molecule has 0 aromatic heterocycles. The molecule has 1 aliphatic rings. The van der Waals surface area contributed by atoms with Gasteiger partial charge < -0.3 is 19.4 Å². The fraction of sp³-hybridized carbons (Fsp3) is 0.500. The number of rotatable bonds is 3. The molecule has 0 unspecified atom stereocenters. The lowest BCUT2D eigenvalue weighted by Crippen LogP contribution is -2.42. The van der Waals surface area contributed by atoms with Crippen molar-refractivity contribution in [1.29, 1.82) is 0 Å². The maximum absolute atomic E-state index is 5.04. The molecule has 4 nitrogen and oxygen atoms in total. The van der Waals surface area contributed by atoms with Gasteiger partial charge in [0.15, 0.2) is 0 Å². The van der Waals surface area contributed by atoms with Gasteiger partial charge in [0, 0.05) is 38.9 Å². The maximum atomic E-state index is 5.04. The fourth-order valence-corrected chi connectivity index (χ4v) is 1.83. The first-order valence-corrected chi connectivity index (χ1v) is 6.93. The minimum atomic E-state index is 0.871. The molecular formula is C16H27N3O. The average molecular weight is 277 g/mol. The summed E-state index contributed by atoms with van der Waals surface area (Å²) in [6.07, 6.45) is 1.77. The SMILES string of the molecule is C=CN(C)c1ccc(OC)cc1.CN1CCN(C)CC1. The summed E-state index contributed by atoms with van der Waals surface area (Å²) in [5.41, 5.74) is 1.10. The Morgan fingerprint density at radius 1 is 1.05 bits per heavy atom. The van der Waals surface area contributed by atoms with Gasteiger partial charge in [-0.25, -0.2) is 0 Å². The molecule has 0 atom stereocenters. The van der Waals surface area contributed by atoms with Gasteiger partial charge in [-0.3, -0.25) is 0 Å². The van der Waals surface area contributed by atoms with Crippen LogP contribution in [0.25, 0.3) is 0 Å². The van der Waals surface area contributed by atoms with Crippen molar-refractivity contribution in [2.75, 3.05) is 59.3 Å². The molecule has 0 radical (unpaired) electrons. The molecule has 1 aromatic carbocycles. The van der Waals surface area contributed by atoms with E-state index in [4.69, 9.17) is 4.74 Å². The highest BCUT2D eigenvalue weighted by Gasteiger charge is 2.07. The van der Waals surface area contributed by atoms with Crippen LogP contribution < -0.4 is 9.64 Å². The van der Waals surface area contributed by atoms with Crippen LogP contribution in [0, 0.1) is 0 Å². The Labute approximate surface area is 123 Å². The van der Waals surface area contributed by atoms with Crippen LogP contribution in [0.15, 0.2) is 37.0 Å². The third-order valence-electron chi connectivity index (χ3n) is 3.48. The third-order valence-corrected chi connectivity index (χ3v) is 3.48. The Morgan fingerprint density at radius 2 is 1.50 bits per heavy atom. The lowest BCUT2D eigenvalue weighted by molar-refractivity contribution is 0.181. The molecule has 1 aliphatic heterocycles. The second-order valence-corrected chi connectivity index (χ2v) is 5.10. The summed E-state index contributed by atoms with van der Waals surface area (Å²) in [7, 11) is 7.96. The summed E-state index contributed by atoms with van der Waals surface area (Å²) in [6, 6.07) is 7.83. The normalized spacial score (nSPS) is 16.0. The second-order valence-electron chi connectivity index (χ2n) is 5.10. The Hall–Kier alpha value is -1.52. The van der Waals surface area contributed by atoms with Crippen molar-refractivity contribution < 1.29 is 4.74 Å². The highest BCUT2D eigenvalue weighted by molar-refractivity contribution is 5.50. The van der Waals surface area contributed by atoms with E-state index in [9.17, 15) is 0 Å². The lowest BCUT2D eigenvalue weighted by Gasteiger charge is -2.28. The van der Waals surface area contributed by atoms with Crippen LogP contribution in [0.4, 0.5) is 5.69 Å². The first kappa shape index (κ1) is 16.5. The Morgan fingerprint density at radius 3 is 1.85 bits per heavy atom. The number of anilines is 1. The fourth-order valence-electron chi connectivity index (χ4n) is 1.83. The van der Waals surface area contributed by atoms with Crippen molar-refractivity contribution in [2.45, 2.75) is 0 Å². The van der Waals surface area contributed by atoms with Crippen LogP contribution >= 0.6 is 0 Å². The molecule has 2 rings (SSSR count). The van der Waals surface area contributed by atoms with Crippen LogP contribution in [0.3, 0.4) is 0 Å². The zero-order chi connectivity index (χ0) is 15.0. The molecule has 1 heterocycles. The van der Waals surface area contributed by atoms with Crippen molar-refractivity contribution in [3.63, 3.8) is 0 Å². The van der Waals surface area contributed by atoms with Gasteiger partial charge >= 0.3 is 0 Å². The minimum absolute atomic E-state index is 0.871. The highest BCUT2D eigenvalue weighted by atomic mass is 16.5. The van der Waals surface area contributed by atoms with Crippen molar-refractivity contribution in [1.82, 2.24) is 9.80 Å². The van der Waals surface area contributed by atoms with E-state index in [2.05, 4.69) is 30.5 Å². The first-order chi connectivity index (χ1) is 9.56. The summed E-state index contributed by atoms with van der Waals surface area (Å²) in [4.78, 5) is 6.67. The summed E-state index contributed by atoms with van der Waals surface area (Å²) < 4.78 is 5.04. The smallest absolute Gasteiger partial charge is 0.119 e. The number of hydrogen-bond donors (Lipinski definition) is 0. The van der Waals surface area contributed by atoms with E-state index in [1.54, 1.807) is 13.3 Å². The molecule has 112 valence electrons. The van der Waals surface area contributed by atoms with E-state index in [1.807, 2.05) is 36.2 Å². The van der Waals surface area contributed by atoms with E-state index in [-0.39, 0.29) is 0 Å². The summed E-state index contributed by atoms with van der Waals surface area (Å²) >= 11 is 0. The molecule has 0 N–H and O–H groups in total. The molecule has 0 aliphatic carbocycles. The van der Waals surface area contributed by atoms with Gasteiger partial charge in [-0.15, -0.1) is 0 Å². The topological polar surface area (TPSA) is 19.0 Å². The van der Waals surface area contributed by atoms with Crippen LogP contribution in [0.1, 0.15) is 0 Å². The third kappa shape index (κ3) is 5.63. The zero-order valence-corrected chi connectivity index (χ0v) is 13.2.